The number of hydrogen-bond donors (Lipinski definition) is 0. The van der Waals surface area contributed by atoms with Crippen molar-refractivity contribution in [2.24, 2.45) is 0 Å². The van der Waals surface area contributed by atoms with Gasteiger partial charge in [-0.3, -0.25) is 0 Å². The van der Waals surface area contributed by atoms with E-state index in [1.807, 2.05) is 24.3 Å². The normalized spacial score (nSPS) is 10.4. The van der Waals surface area contributed by atoms with Crippen LogP contribution >= 0.6 is 11.6 Å². The molecular weight excluding hydrogens is 356 g/mol. The van der Waals surface area contributed by atoms with Gasteiger partial charge in [-0.05, 0) is 41.8 Å². The van der Waals surface area contributed by atoms with Crippen molar-refractivity contribution < 1.29 is 9.47 Å². The van der Waals surface area contributed by atoms with Crippen LogP contribution < -0.4 is 9.47 Å². The maximum atomic E-state index is 5.66. The van der Waals surface area contributed by atoms with E-state index in [0.29, 0.717) is 12.5 Å². The van der Waals surface area contributed by atoms with E-state index in [-0.39, 0.29) is 12.0 Å². The van der Waals surface area contributed by atoms with Gasteiger partial charge in [-0.25, -0.2) is 0 Å². The second-order valence-electron chi connectivity index (χ2n) is 6.76. The average Bonchev–Trinajstić information content (AvgIpc) is 2.68. The van der Waals surface area contributed by atoms with E-state index in [2.05, 4.69) is 57.9 Å². The number of rotatable bonds is 8. The second-order valence-corrected chi connectivity index (χ2v) is 7.14. The lowest BCUT2D eigenvalue weighted by Gasteiger charge is -2.26. The van der Waals surface area contributed by atoms with Gasteiger partial charge in [0.25, 0.3) is 0 Å². The van der Waals surface area contributed by atoms with Crippen LogP contribution in [0.4, 0.5) is 0 Å². The fourth-order valence-electron chi connectivity index (χ4n) is 2.47. The molecule has 0 aliphatic rings. The summed E-state index contributed by atoms with van der Waals surface area (Å²) >= 11 is 5.66. The first-order valence-electron chi connectivity index (χ1n) is 9.45. The lowest BCUT2D eigenvalue weighted by molar-refractivity contribution is 0.318. The highest BCUT2D eigenvalue weighted by atomic mass is 35.5. The Kier molecular flexibility index (Phi) is 10.5. The molecule has 0 aromatic heterocycles. The molecule has 0 spiro atoms. The predicted molar refractivity (Wildman–Crippen MR) is 116 cm³/mol. The Hall–Kier alpha value is -2.11. The van der Waals surface area contributed by atoms with Crippen LogP contribution in [0.1, 0.15) is 51.7 Å². The fourth-order valence-corrected chi connectivity index (χ4v) is 2.58. The van der Waals surface area contributed by atoms with E-state index in [1.165, 1.54) is 17.5 Å². The molecule has 0 radical (unpaired) electrons. The van der Waals surface area contributed by atoms with E-state index in [0.717, 1.165) is 17.9 Å². The first-order chi connectivity index (χ1) is 13.0. The standard InChI is InChI=1S/C21H23ClO2.C3H8/c1-4-15-23-19-10-6-17(7-11-19)21(2,3)18-8-12-20(13-9-18)24-16-5-14-22;1-3-2/h1,6-13H,5,14-16H2,2-3H3;3H2,1-2H3. The number of halogens is 1. The van der Waals surface area contributed by atoms with Crippen LogP contribution in [0.5, 0.6) is 11.5 Å². The van der Waals surface area contributed by atoms with Gasteiger partial charge in [0.1, 0.15) is 18.1 Å². The summed E-state index contributed by atoms with van der Waals surface area (Å²) < 4.78 is 11.1. The van der Waals surface area contributed by atoms with Crippen molar-refractivity contribution in [2.75, 3.05) is 19.1 Å². The Balaban J connectivity index is 0.00000114. The smallest absolute Gasteiger partial charge is 0.148 e. The lowest BCUT2D eigenvalue weighted by Crippen LogP contribution is -2.18. The number of alkyl halides is 1. The summed E-state index contributed by atoms with van der Waals surface area (Å²) in [5.74, 6) is 4.75. The summed E-state index contributed by atoms with van der Waals surface area (Å²) in [4.78, 5) is 0. The van der Waals surface area contributed by atoms with Crippen LogP contribution in [-0.2, 0) is 5.41 Å². The SMILES string of the molecule is C#CCOc1ccc(C(C)(C)c2ccc(OCCCCl)cc2)cc1.CCC. The number of ether oxygens (including phenoxy) is 2. The molecule has 0 amide bonds. The molecule has 0 unspecified atom stereocenters. The molecule has 3 heteroatoms. The van der Waals surface area contributed by atoms with Gasteiger partial charge in [0.15, 0.2) is 0 Å². The molecule has 0 atom stereocenters. The highest BCUT2D eigenvalue weighted by Gasteiger charge is 2.23. The summed E-state index contributed by atoms with van der Waals surface area (Å²) in [6.07, 6.45) is 7.31. The Morgan fingerprint density at radius 3 is 1.74 bits per heavy atom. The van der Waals surface area contributed by atoms with Crippen LogP contribution in [-0.4, -0.2) is 19.1 Å². The van der Waals surface area contributed by atoms with Gasteiger partial charge in [0, 0.05) is 11.3 Å². The minimum Gasteiger partial charge on any atom is -0.494 e. The molecule has 0 N–H and O–H groups in total. The van der Waals surface area contributed by atoms with Crippen molar-refractivity contribution in [3.63, 3.8) is 0 Å². The second kappa shape index (κ2) is 12.3. The molecule has 2 aromatic rings. The largest absolute Gasteiger partial charge is 0.494 e. The maximum Gasteiger partial charge on any atom is 0.148 e. The molecule has 2 rings (SSSR count). The minimum atomic E-state index is -0.112. The number of benzene rings is 2. The summed E-state index contributed by atoms with van der Waals surface area (Å²) in [5, 5.41) is 0. The van der Waals surface area contributed by atoms with Crippen molar-refractivity contribution in [1.82, 2.24) is 0 Å². The van der Waals surface area contributed by atoms with Crippen molar-refractivity contribution in [3.05, 3.63) is 59.7 Å². The van der Waals surface area contributed by atoms with E-state index < -0.39 is 0 Å². The van der Waals surface area contributed by atoms with Gasteiger partial charge in [-0.15, -0.1) is 18.0 Å². The Morgan fingerprint density at radius 2 is 1.33 bits per heavy atom. The molecule has 0 heterocycles. The van der Waals surface area contributed by atoms with E-state index >= 15 is 0 Å². The molecule has 0 fully saturated rings. The van der Waals surface area contributed by atoms with E-state index in [9.17, 15) is 0 Å². The third-order valence-corrected chi connectivity index (χ3v) is 4.29. The zero-order valence-corrected chi connectivity index (χ0v) is 17.7. The maximum absolute atomic E-state index is 5.66. The zero-order valence-electron chi connectivity index (χ0n) is 16.9. The van der Waals surface area contributed by atoms with Crippen molar-refractivity contribution in [1.29, 1.82) is 0 Å². The third-order valence-electron chi connectivity index (χ3n) is 4.02. The summed E-state index contributed by atoms with van der Waals surface area (Å²) in [5.41, 5.74) is 2.33. The molecule has 27 heavy (non-hydrogen) atoms. The quantitative estimate of drug-likeness (QED) is 0.295. The fraction of sp³-hybridized carbons (Fsp3) is 0.417. The molecular formula is C24H31ClO2. The van der Waals surface area contributed by atoms with Crippen LogP contribution in [0.2, 0.25) is 0 Å². The molecule has 0 aliphatic carbocycles. The molecule has 2 aromatic carbocycles. The minimum absolute atomic E-state index is 0.112. The Bertz CT molecular complexity index is 682. The highest BCUT2D eigenvalue weighted by Crippen LogP contribution is 2.33. The number of terminal acetylenes is 1. The van der Waals surface area contributed by atoms with E-state index in [1.54, 1.807) is 0 Å². The van der Waals surface area contributed by atoms with Crippen LogP contribution in [0, 0.1) is 12.3 Å². The molecule has 0 aliphatic heterocycles. The van der Waals surface area contributed by atoms with Crippen molar-refractivity contribution in [2.45, 2.75) is 46.0 Å². The van der Waals surface area contributed by atoms with Gasteiger partial charge in [0.2, 0.25) is 0 Å². The monoisotopic (exact) mass is 386 g/mol. The van der Waals surface area contributed by atoms with Crippen LogP contribution in [0.15, 0.2) is 48.5 Å². The predicted octanol–water partition coefficient (Wildman–Crippen LogP) is 6.45. The first-order valence-corrected chi connectivity index (χ1v) is 9.99. The Labute approximate surface area is 169 Å². The van der Waals surface area contributed by atoms with Crippen LogP contribution in [0.3, 0.4) is 0 Å². The summed E-state index contributed by atoms with van der Waals surface area (Å²) in [7, 11) is 0. The first kappa shape index (κ1) is 22.9. The third kappa shape index (κ3) is 7.57. The Morgan fingerprint density at radius 1 is 0.889 bits per heavy atom. The summed E-state index contributed by atoms with van der Waals surface area (Å²) in [6.45, 7) is 9.58. The van der Waals surface area contributed by atoms with Crippen molar-refractivity contribution >= 4 is 11.6 Å². The zero-order chi connectivity index (χ0) is 20.1. The van der Waals surface area contributed by atoms with Gasteiger partial charge < -0.3 is 9.47 Å². The topological polar surface area (TPSA) is 18.5 Å². The van der Waals surface area contributed by atoms with Gasteiger partial charge >= 0.3 is 0 Å². The molecule has 0 saturated carbocycles. The molecule has 146 valence electrons. The van der Waals surface area contributed by atoms with E-state index in [4.69, 9.17) is 27.5 Å². The highest BCUT2D eigenvalue weighted by molar-refractivity contribution is 6.17. The van der Waals surface area contributed by atoms with Gasteiger partial charge in [0.05, 0.1) is 6.61 Å². The molecule has 0 saturated heterocycles. The molecule has 2 nitrogen and oxygen atoms in total. The summed E-state index contributed by atoms with van der Waals surface area (Å²) in [6, 6.07) is 16.3. The van der Waals surface area contributed by atoms with Gasteiger partial charge in [-0.1, -0.05) is 64.3 Å². The van der Waals surface area contributed by atoms with Gasteiger partial charge in [-0.2, -0.15) is 0 Å². The number of hydrogen-bond acceptors (Lipinski definition) is 2. The van der Waals surface area contributed by atoms with Crippen LogP contribution in [0.25, 0.3) is 0 Å². The average molecular weight is 387 g/mol. The lowest BCUT2D eigenvalue weighted by atomic mass is 9.78. The molecule has 0 bridgehead atoms. The van der Waals surface area contributed by atoms with Crippen molar-refractivity contribution in [3.8, 4) is 23.8 Å².